The molecule has 0 saturated carbocycles. The van der Waals surface area contributed by atoms with Crippen LogP contribution in [0.2, 0.25) is 0 Å². The topological polar surface area (TPSA) is 73.9 Å². The Morgan fingerprint density at radius 1 is 1.00 bits per heavy atom. The lowest BCUT2D eigenvalue weighted by Gasteiger charge is -2.37. The van der Waals surface area contributed by atoms with Gasteiger partial charge in [-0.2, -0.15) is 0 Å². The predicted molar refractivity (Wildman–Crippen MR) is 89.0 cm³/mol. The number of benzene rings is 1. The fourth-order valence-corrected chi connectivity index (χ4v) is 2.65. The van der Waals surface area contributed by atoms with Gasteiger partial charge in [-0.3, -0.25) is 10.6 Å². The minimum absolute atomic E-state index is 0.470. The number of nitrogens with zero attached hydrogens (tertiary/aromatic N) is 2. The maximum atomic E-state index is 4.08. The van der Waals surface area contributed by atoms with E-state index in [1.807, 2.05) is 33.5 Å². The van der Waals surface area contributed by atoms with E-state index in [9.17, 15) is 0 Å². The third-order valence-corrected chi connectivity index (χ3v) is 3.95. The first-order chi connectivity index (χ1) is 10.7. The van der Waals surface area contributed by atoms with Crippen LogP contribution in [0.5, 0.6) is 0 Å². The number of anilines is 1. The molecule has 1 aliphatic rings. The van der Waals surface area contributed by atoms with Crippen molar-refractivity contribution in [3.05, 3.63) is 48.6 Å². The van der Waals surface area contributed by atoms with Gasteiger partial charge in [0.1, 0.15) is 6.33 Å². The molecule has 6 nitrogen and oxygen atoms in total. The van der Waals surface area contributed by atoms with Crippen LogP contribution in [0.15, 0.2) is 43.0 Å². The van der Waals surface area contributed by atoms with Gasteiger partial charge in [-0.15, -0.1) is 0 Å². The van der Waals surface area contributed by atoms with Crippen LogP contribution in [0.25, 0.3) is 16.8 Å². The summed E-state index contributed by atoms with van der Waals surface area (Å²) in [4.78, 5) is 8.17. The molecule has 0 spiro atoms. The summed E-state index contributed by atoms with van der Waals surface area (Å²) in [6.07, 6.45) is 7.27. The van der Waals surface area contributed by atoms with Crippen molar-refractivity contribution < 1.29 is 0 Å². The fourth-order valence-electron chi connectivity index (χ4n) is 2.65. The van der Waals surface area contributed by atoms with Gasteiger partial charge >= 0.3 is 0 Å². The second-order valence-corrected chi connectivity index (χ2v) is 5.13. The minimum Gasteiger partial charge on any atom is -0.388 e. The highest BCUT2D eigenvalue weighted by Gasteiger charge is 2.29. The van der Waals surface area contributed by atoms with Gasteiger partial charge in [0.25, 0.3) is 0 Å². The largest absolute Gasteiger partial charge is 0.388 e. The number of hydrogen-bond acceptors (Lipinski definition) is 6. The van der Waals surface area contributed by atoms with Crippen LogP contribution in [-0.2, 0) is 0 Å². The minimum atomic E-state index is -0.470. The van der Waals surface area contributed by atoms with Crippen LogP contribution >= 0.6 is 0 Å². The molecular formula is C16H20N6. The Kier molecular flexibility index (Phi) is 3.79. The maximum Gasteiger partial charge on any atom is 0.165 e. The van der Waals surface area contributed by atoms with E-state index in [1.54, 1.807) is 0 Å². The summed E-state index contributed by atoms with van der Waals surface area (Å²) in [7, 11) is 5.75. The average Bonchev–Trinajstić information content (AvgIpc) is 2.61. The Hall–Kier alpha value is -2.44. The van der Waals surface area contributed by atoms with Gasteiger partial charge in [0, 0.05) is 42.0 Å². The molecule has 0 bridgehead atoms. The first-order valence-corrected chi connectivity index (χ1v) is 7.18. The van der Waals surface area contributed by atoms with E-state index in [-0.39, 0.29) is 0 Å². The van der Waals surface area contributed by atoms with E-state index in [0.29, 0.717) is 0 Å². The molecule has 22 heavy (non-hydrogen) atoms. The van der Waals surface area contributed by atoms with Gasteiger partial charge in [0.2, 0.25) is 0 Å². The third kappa shape index (κ3) is 2.43. The summed E-state index contributed by atoms with van der Waals surface area (Å²) in [6, 6.07) is 6.28. The molecule has 0 saturated heterocycles. The van der Waals surface area contributed by atoms with Gasteiger partial charge in [0.15, 0.2) is 5.79 Å². The fraction of sp³-hybridized carbons (Fsp3) is 0.250. The Morgan fingerprint density at radius 3 is 2.36 bits per heavy atom. The van der Waals surface area contributed by atoms with Crippen molar-refractivity contribution in [2.75, 3.05) is 26.5 Å². The van der Waals surface area contributed by atoms with Gasteiger partial charge < -0.3 is 10.6 Å². The molecule has 2 heterocycles. The predicted octanol–water partition coefficient (Wildman–Crippen LogP) is 1.22. The number of aromatic nitrogens is 2. The molecule has 4 N–H and O–H groups in total. The van der Waals surface area contributed by atoms with Crippen LogP contribution < -0.4 is 21.3 Å². The van der Waals surface area contributed by atoms with E-state index in [2.05, 4.69) is 55.5 Å². The van der Waals surface area contributed by atoms with E-state index < -0.39 is 5.79 Å². The molecule has 1 aliphatic heterocycles. The molecule has 1 aromatic heterocycles. The second-order valence-electron chi connectivity index (χ2n) is 5.13. The van der Waals surface area contributed by atoms with Gasteiger partial charge in [0.05, 0.1) is 0 Å². The molecular weight excluding hydrogens is 276 g/mol. The van der Waals surface area contributed by atoms with E-state index >= 15 is 0 Å². The van der Waals surface area contributed by atoms with Crippen molar-refractivity contribution in [3.8, 4) is 11.1 Å². The summed E-state index contributed by atoms with van der Waals surface area (Å²) in [5, 5.41) is 13.3. The molecule has 0 atom stereocenters. The van der Waals surface area contributed by atoms with E-state index in [4.69, 9.17) is 0 Å². The number of nitrogens with one attached hydrogen (secondary N) is 4. The summed E-state index contributed by atoms with van der Waals surface area (Å²) in [6.45, 7) is 0. The summed E-state index contributed by atoms with van der Waals surface area (Å²) < 4.78 is 0. The summed E-state index contributed by atoms with van der Waals surface area (Å²) in [5.41, 5.74) is 5.31. The van der Waals surface area contributed by atoms with E-state index in [0.717, 1.165) is 28.1 Å². The molecule has 0 aliphatic carbocycles. The van der Waals surface area contributed by atoms with Gasteiger partial charge in [-0.25, -0.2) is 9.97 Å². The molecule has 6 heteroatoms. The number of fused-ring (bicyclic) bond motifs is 1. The highest BCUT2D eigenvalue weighted by atomic mass is 15.3. The number of hydrogen-bond donors (Lipinski definition) is 4. The smallest absolute Gasteiger partial charge is 0.165 e. The zero-order chi connectivity index (χ0) is 15.6. The van der Waals surface area contributed by atoms with Crippen LogP contribution in [0, 0.1) is 0 Å². The highest BCUT2D eigenvalue weighted by Crippen LogP contribution is 2.33. The first kappa shape index (κ1) is 14.5. The monoisotopic (exact) mass is 296 g/mol. The number of likely N-dealkylation sites (N-methyl/N-ethyl adjacent to an activating group) is 2. The average molecular weight is 296 g/mol. The normalized spacial score (nSPS) is 15.5. The Morgan fingerprint density at radius 2 is 1.73 bits per heavy atom. The highest BCUT2D eigenvalue weighted by molar-refractivity contribution is 5.83. The lowest BCUT2D eigenvalue weighted by molar-refractivity contribution is 0.424. The molecule has 114 valence electrons. The second kappa shape index (κ2) is 5.75. The lowest BCUT2D eigenvalue weighted by atomic mass is 9.97. The molecule has 2 aromatic rings. The third-order valence-electron chi connectivity index (χ3n) is 3.95. The molecule has 0 unspecified atom stereocenters. The van der Waals surface area contributed by atoms with Crippen LogP contribution in [0.4, 0.5) is 5.69 Å². The molecule has 0 amide bonds. The first-order valence-electron chi connectivity index (χ1n) is 7.18. The SMILES string of the molecule is CNC1=CC(NC)(NC)Nc2ccc(-c3cncnc3)cc21. The molecule has 3 rings (SSSR count). The van der Waals surface area contributed by atoms with Crippen LogP contribution in [0.3, 0.4) is 0 Å². The maximum absolute atomic E-state index is 4.08. The molecule has 0 fully saturated rings. The Bertz CT molecular complexity index is 691. The van der Waals surface area contributed by atoms with Crippen molar-refractivity contribution in [2.24, 2.45) is 0 Å². The van der Waals surface area contributed by atoms with Gasteiger partial charge in [-0.05, 0) is 37.9 Å². The van der Waals surface area contributed by atoms with Crippen molar-refractivity contribution in [2.45, 2.75) is 5.79 Å². The van der Waals surface area contributed by atoms with Crippen molar-refractivity contribution in [1.29, 1.82) is 0 Å². The molecule has 1 aromatic carbocycles. The molecule has 0 radical (unpaired) electrons. The lowest BCUT2D eigenvalue weighted by Crippen LogP contribution is -2.60. The summed E-state index contributed by atoms with van der Waals surface area (Å²) in [5.74, 6) is -0.470. The van der Waals surface area contributed by atoms with Gasteiger partial charge in [-0.1, -0.05) is 6.07 Å². The van der Waals surface area contributed by atoms with Crippen molar-refractivity contribution in [3.63, 3.8) is 0 Å². The zero-order valence-electron chi connectivity index (χ0n) is 12.9. The van der Waals surface area contributed by atoms with Crippen LogP contribution in [-0.4, -0.2) is 36.9 Å². The number of rotatable bonds is 4. The standard InChI is InChI=1S/C16H20N6/c1-17-15-7-16(18-2,19-3)22-14-5-4-11(6-13(14)15)12-8-20-10-21-9-12/h4-10,17-19,22H,1-3H3. The Balaban J connectivity index is 2.08. The zero-order valence-corrected chi connectivity index (χ0v) is 12.9. The van der Waals surface area contributed by atoms with Crippen molar-refractivity contribution >= 4 is 11.4 Å². The van der Waals surface area contributed by atoms with Crippen LogP contribution in [0.1, 0.15) is 5.56 Å². The quantitative estimate of drug-likeness (QED) is 0.636. The summed E-state index contributed by atoms with van der Waals surface area (Å²) >= 11 is 0. The van der Waals surface area contributed by atoms with Crippen molar-refractivity contribution in [1.82, 2.24) is 25.9 Å². The van der Waals surface area contributed by atoms with E-state index in [1.165, 1.54) is 6.33 Å². The Labute approximate surface area is 130 Å².